The van der Waals surface area contributed by atoms with E-state index in [1.807, 2.05) is 6.92 Å². The van der Waals surface area contributed by atoms with Gasteiger partial charge in [-0.3, -0.25) is 4.79 Å². The summed E-state index contributed by atoms with van der Waals surface area (Å²) < 4.78 is 5.66. The van der Waals surface area contributed by atoms with Crippen LogP contribution in [0.3, 0.4) is 0 Å². The van der Waals surface area contributed by atoms with Crippen LogP contribution in [0.25, 0.3) is 0 Å². The van der Waals surface area contributed by atoms with Crippen molar-refractivity contribution in [3.05, 3.63) is 11.6 Å². The Kier molecular flexibility index (Phi) is 4.44. The van der Waals surface area contributed by atoms with Crippen molar-refractivity contribution in [2.24, 2.45) is 0 Å². The molecular formula is C19H26O2Si. The Morgan fingerprint density at radius 2 is 2.00 bits per heavy atom. The van der Waals surface area contributed by atoms with Crippen molar-refractivity contribution < 1.29 is 9.53 Å². The topological polar surface area (TPSA) is 29.6 Å². The van der Waals surface area contributed by atoms with E-state index >= 15 is 0 Å². The molecule has 2 unspecified atom stereocenters. The third-order valence-corrected chi connectivity index (χ3v) is 9.47. The van der Waals surface area contributed by atoms with Gasteiger partial charge < -0.3 is 4.74 Å². The number of ether oxygens (including phenoxy) is 1. The van der Waals surface area contributed by atoms with E-state index in [1.54, 1.807) is 6.08 Å². The zero-order chi connectivity index (χ0) is 16.6. The Balaban J connectivity index is 2.02. The van der Waals surface area contributed by atoms with Crippen molar-refractivity contribution in [2.45, 2.75) is 76.8 Å². The lowest BCUT2D eigenvalue weighted by Crippen LogP contribution is -2.36. The number of carbonyl (C=O) groups is 1. The van der Waals surface area contributed by atoms with Gasteiger partial charge in [-0.15, -0.1) is 5.54 Å². The van der Waals surface area contributed by atoms with E-state index in [0.29, 0.717) is 6.42 Å². The molecule has 1 saturated carbocycles. The molecule has 2 fully saturated rings. The molecule has 2 nitrogen and oxygen atoms in total. The van der Waals surface area contributed by atoms with Crippen LogP contribution < -0.4 is 0 Å². The third kappa shape index (κ3) is 3.72. The summed E-state index contributed by atoms with van der Waals surface area (Å²) in [5.74, 6) is 9.63. The highest BCUT2D eigenvalue weighted by molar-refractivity contribution is 6.87. The minimum Gasteiger partial charge on any atom is -0.339 e. The third-order valence-electron chi connectivity index (χ3n) is 4.97. The molecule has 0 aromatic carbocycles. The van der Waals surface area contributed by atoms with Crippen LogP contribution in [0, 0.1) is 23.3 Å². The van der Waals surface area contributed by atoms with Crippen LogP contribution in [0.4, 0.5) is 0 Å². The fourth-order valence-electron chi connectivity index (χ4n) is 2.04. The van der Waals surface area contributed by atoms with E-state index in [-0.39, 0.29) is 16.9 Å². The van der Waals surface area contributed by atoms with Crippen molar-refractivity contribution in [1.82, 2.24) is 0 Å². The second-order valence-electron chi connectivity index (χ2n) is 7.96. The molecule has 0 radical (unpaired) electrons. The van der Waals surface area contributed by atoms with Gasteiger partial charge in [-0.2, -0.15) is 0 Å². The quantitative estimate of drug-likeness (QED) is 0.294. The molecule has 3 heteroatoms. The van der Waals surface area contributed by atoms with Crippen molar-refractivity contribution in [3.8, 4) is 23.3 Å². The van der Waals surface area contributed by atoms with Crippen LogP contribution in [0.2, 0.25) is 18.1 Å². The first-order valence-corrected chi connectivity index (χ1v) is 11.0. The first-order valence-electron chi connectivity index (χ1n) is 8.01. The Hall–Kier alpha value is -1.29. The van der Waals surface area contributed by atoms with Crippen molar-refractivity contribution in [1.29, 1.82) is 0 Å². The van der Waals surface area contributed by atoms with E-state index in [2.05, 4.69) is 57.2 Å². The lowest BCUT2D eigenvalue weighted by molar-refractivity contribution is -0.114. The van der Waals surface area contributed by atoms with Crippen LogP contribution in [-0.4, -0.2) is 25.6 Å². The standard InChI is InChI=1S/C19H26O2Si/c1-18(2,3)22(5,6)14-13-19(4)17(21-19)12-8-10-15-9-7-11-16(15)20/h10,17H,7,9,11H2,1-6H3/b15-10+. The van der Waals surface area contributed by atoms with E-state index < -0.39 is 13.7 Å². The van der Waals surface area contributed by atoms with Gasteiger partial charge in [0.25, 0.3) is 0 Å². The number of epoxide rings is 1. The summed E-state index contributed by atoms with van der Waals surface area (Å²) >= 11 is 0. The minimum absolute atomic E-state index is 0.127. The second-order valence-corrected chi connectivity index (χ2v) is 13.0. The second kappa shape index (κ2) is 5.73. The fraction of sp³-hybridized carbons (Fsp3) is 0.632. The summed E-state index contributed by atoms with van der Waals surface area (Å²) in [6.45, 7) is 13.4. The molecule has 22 heavy (non-hydrogen) atoms. The smallest absolute Gasteiger partial charge is 0.164 e. The maximum atomic E-state index is 11.5. The van der Waals surface area contributed by atoms with Gasteiger partial charge in [-0.25, -0.2) is 0 Å². The van der Waals surface area contributed by atoms with Gasteiger partial charge in [-0.1, -0.05) is 51.6 Å². The molecular weight excluding hydrogens is 288 g/mol. The summed E-state index contributed by atoms with van der Waals surface area (Å²) in [5, 5.41) is 0.250. The highest BCUT2D eigenvalue weighted by Gasteiger charge is 2.51. The molecule has 0 amide bonds. The molecule has 0 N–H and O–H groups in total. The number of carbonyl (C=O) groups excluding carboxylic acids is 1. The molecule has 0 spiro atoms. The first-order chi connectivity index (χ1) is 10.1. The zero-order valence-corrected chi connectivity index (χ0v) is 15.6. The average Bonchev–Trinajstić information content (AvgIpc) is 2.85. The normalized spacial score (nSPS) is 29.6. The monoisotopic (exact) mass is 314 g/mol. The molecule has 118 valence electrons. The Bertz CT molecular complexity index is 628. The van der Waals surface area contributed by atoms with Crippen LogP contribution >= 0.6 is 0 Å². The SMILES string of the molecule is CC1(C#C[Si](C)(C)C(C)(C)C)OC1C#C/C=C1\CCCC1=O. The minimum atomic E-state index is -1.61. The molecule has 2 rings (SSSR count). The lowest BCUT2D eigenvalue weighted by Gasteiger charge is -2.31. The number of hydrogen-bond donors (Lipinski definition) is 0. The summed E-state index contributed by atoms with van der Waals surface area (Å²) in [6, 6.07) is 0. The number of Topliss-reactive ketones (excluding diaryl/α,β-unsaturated/α-hetero) is 1. The van der Waals surface area contributed by atoms with Crippen molar-refractivity contribution in [3.63, 3.8) is 0 Å². The van der Waals surface area contributed by atoms with Gasteiger partial charge in [0.2, 0.25) is 0 Å². The number of ketones is 1. The molecule has 0 aromatic rings. The number of rotatable bonds is 0. The molecule has 1 aliphatic carbocycles. The van der Waals surface area contributed by atoms with Crippen LogP contribution in [-0.2, 0) is 9.53 Å². The Labute approximate surface area is 135 Å². The van der Waals surface area contributed by atoms with Crippen LogP contribution in [0.5, 0.6) is 0 Å². The summed E-state index contributed by atoms with van der Waals surface area (Å²) in [5.41, 5.74) is 3.93. The largest absolute Gasteiger partial charge is 0.339 e. The predicted molar refractivity (Wildman–Crippen MR) is 93.0 cm³/mol. The van der Waals surface area contributed by atoms with Crippen LogP contribution in [0.1, 0.15) is 47.0 Å². The van der Waals surface area contributed by atoms with E-state index in [0.717, 1.165) is 18.4 Å². The van der Waals surface area contributed by atoms with E-state index in [9.17, 15) is 4.79 Å². The highest BCUT2D eigenvalue weighted by atomic mass is 28.3. The molecule has 1 heterocycles. The maximum Gasteiger partial charge on any atom is 0.164 e. The molecule has 0 aromatic heterocycles. The predicted octanol–water partition coefficient (Wildman–Crippen LogP) is 3.88. The Morgan fingerprint density at radius 3 is 2.55 bits per heavy atom. The number of hydrogen-bond acceptors (Lipinski definition) is 2. The molecule has 2 aliphatic rings. The first kappa shape index (κ1) is 17.1. The maximum absolute atomic E-state index is 11.5. The van der Waals surface area contributed by atoms with E-state index in [1.165, 1.54) is 0 Å². The van der Waals surface area contributed by atoms with Crippen molar-refractivity contribution in [2.75, 3.05) is 0 Å². The van der Waals surface area contributed by atoms with Gasteiger partial charge in [0.05, 0.1) is 0 Å². The Morgan fingerprint density at radius 1 is 1.32 bits per heavy atom. The van der Waals surface area contributed by atoms with Gasteiger partial charge >= 0.3 is 0 Å². The number of allylic oxidation sites excluding steroid dienone is 2. The van der Waals surface area contributed by atoms with Gasteiger partial charge in [-0.05, 0) is 30.9 Å². The fourth-order valence-corrected chi connectivity index (χ4v) is 2.97. The van der Waals surface area contributed by atoms with Gasteiger partial charge in [0.1, 0.15) is 8.07 Å². The summed E-state index contributed by atoms with van der Waals surface area (Å²) in [4.78, 5) is 11.5. The van der Waals surface area contributed by atoms with Crippen molar-refractivity contribution >= 4 is 13.9 Å². The van der Waals surface area contributed by atoms with Crippen LogP contribution in [0.15, 0.2) is 11.6 Å². The van der Waals surface area contributed by atoms with Gasteiger partial charge in [0.15, 0.2) is 17.5 Å². The zero-order valence-electron chi connectivity index (χ0n) is 14.6. The summed E-state index contributed by atoms with van der Waals surface area (Å²) in [7, 11) is -1.61. The van der Waals surface area contributed by atoms with Gasteiger partial charge in [0, 0.05) is 12.0 Å². The molecule has 0 bridgehead atoms. The highest BCUT2D eigenvalue weighted by Crippen LogP contribution is 2.38. The molecule has 2 atom stereocenters. The molecule has 1 aliphatic heterocycles. The lowest BCUT2D eigenvalue weighted by atomic mass is 10.1. The average molecular weight is 315 g/mol. The molecule has 1 saturated heterocycles. The van der Waals surface area contributed by atoms with E-state index in [4.69, 9.17) is 4.74 Å². The summed E-state index contributed by atoms with van der Waals surface area (Å²) in [6.07, 6.45) is 4.13.